The maximum atomic E-state index is 12.3. The fourth-order valence-electron chi connectivity index (χ4n) is 2.87. The second-order valence-corrected chi connectivity index (χ2v) is 5.57. The first kappa shape index (κ1) is 13.2. The molecule has 5 heteroatoms. The molecule has 4 nitrogen and oxygen atoms in total. The van der Waals surface area contributed by atoms with Crippen molar-refractivity contribution in [2.45, 2.75) is 25.3 Å². The standard InChI is InChI=1S/C15H15ClN2O2/c1-18-11-6-3-7-12(19)13(11)14(17-15(18)20)9-4-2-5-10(16)8-9/h2,4-5,8,14H,3,6-7H2,1H3,(H,17,20). The number of nitrogens with zero attached hydrogens (tertiary/aromatic N) is 1. The van der Waals surface area contributed by atoms with Crippen LogP contribution in [0.3, 0.4) is 0 Å². The van der Waals surface area contributed by atoms with Gasteiger partial charge in [-0.3, -0.25) is 4.79 Å². The second kappa shape index (κ2) is 4.94. The summed E-state index contributed by atoms with van der Waals surface area (Å²) in [5.74, 6) is 0.114. The van der Waals surface area contributed by atoms with Crippen molar-refractivity contribution in [2.24, 2.45) is 0 Å². The van der Waals surface area contributed by atoms with E-state index in [1.54, 1.807) is 24.1 Å². The Kier molecular flexibility index (Phi) is 3.26. The number of amides is 2. The zero-order valence-corrected chi connectivity index (χ0v) is 11.9. The number of carbonyl (C=O) groups is 2. The summed E-state index contributed by atoms with van der Waals surface area (Å²) in [6.45, 7) is 0. The molecule has 1 heterocycles. The number of nitrogens with one attached hydrogen (secondary N) is 1. The van der Waals surface area contributed by atoms with E-state index in [0.29, 0.717) is 17.0 Å². The number of carbonyl (C=O) groups excluding carboxylic acids is 2. The summed E-state index contributed by atoms with van der Waals surface area (Å²) >= 11 is 6.02. The van der Waals surface area contributed by atoms with E-state index in [2.05, 4.69) is 5.32 Å². The van der Waals surface area contributed by atoms with Crippen LogP contribution in [0, 0.1) is 0 Å². The highest BCUT2D eigenvalue weighted by Gasteiger charge is 2.37. The molecule has 1 atom stereocenters. The average Bonchev–Trinajstić information content (AvgIpc) is 2.43. The van der Waals surface area contributed by atoms with E-state index < -0.39 is 0 Å². The van der Waals surface area contributed by atoms with Gasteiger partial charge in [-0.2, -0.15) is 0 Å². The molecule has 2 aliphatic rings. The van der Waals surface area contributed by atoms with Gasteiger partial charge in [-0.25, -0.2) is 4.79 Å². The molecule has 1 aromatic rings. The normalized spacial score (nSPS) is 22.7. The number of urea groups is 1. The van der Waals surface area contributed by atoms with E-state index in [1.807, 2.05) is 12.1 Å². The number of halogens is 1. The molecule has 1 N–H and O–H groups in total. The lowest BCUT2D eigenvalue weighted by Gasteiger charge is -2.37. The summed E-state index contributed by atoms with van der Waals surface area (Å²) in [5, 5.41) is 3.49. The van der Waals surface area contributed by atoms with Crippen molar-refractivity contribution in [3.05, 3.63) is 46.1 Å². The fourth-order valence-corrected chi connectivity index (χ4v) is 3.07. The summed E-state index contributed by atoms with van der Waals surface area (Å²) in [5.41, 5.74) is 2.40. The predicted molar refractivity (Wildman–Crippen MR) is 76.4 cm³/mol. The van der Waals surface area contributed by atoms with Gasteiger partial charge in [0.1, 0.15) is 0 Å². The molecule has 2 amide bonds. The largest absolute Gasteiger partial charge is 0.327 e. The molecule has 1 unspecified atom stereocenters. The number of Topliss-reactive ketones (excluding diaryl/α,β-unsaturated/α-hetero) is 1. The fraction of sp³-hybridized carbons (Fsp3) is 0.333. The van der Waals surface area contributed by atoms with Crippen LogP contribution in [-0.4, -0.2) is 23.8 Å². The van der Waals surface area contributed by atoms with Gasteiger partial charge in [-0.15, -0.1) is 0 Å². The molecule has 0 radical (unpaired) electrons. The Morgan fingerprint density at radius 1 is 1.30 bits per heavy atom. The first-order valence-corrected chi connectivity index (χ1v) is 7.01. The van der Waals surface area contributed by atoms with Gasteiger partial charge in [0.2, 0.25) is 0 Å². The topological polar surface area (TPSA) is 49.4 Å². The van der Waals surface area contributed by atoms with E-state index >= 15 is 0 Å². The molecule has 0 saturated heterocycles. The van der Waals surface area contributed by atoms with Crippen LogP contribution < -0.4 is 5.32 Å². The van der Waals surface area contributed by atoms with E-state index in [-0.39, 0.29) is 17.9 Å². The van der Waals surface area contributed by atoms with Gasteiger partial charge < -0.3 is 10.2 Å². The van der Waals surface area contributed by atoms with Gasteiger partial charge in [-0.05, 0) is 30.5 Å². The number of allylic oxidation sites excluding steroid dienone is 1. The molecule has 1 aromatic carbocycles. The Hall–Kier alpha value is -1.81. The minimum Gasteiger partial charge on any atom is -0.327 e. The molecular formula is C15H15ClN2O2. The number of hydrogen-bond donors (Lipinski definition) is 1. The zero-order valence-electron chi connectivity index (χ0n) is 11.1. The minimum atomic E-state index is -0.389. The van der Waals surface area contributed by atoms with E-state index in [1.165, 1.54) is 0 Å². The summed E-state index contributed by atoms with van der Waals surface area (Å²) in [7, 11) is 1.71. The quantitative estimate of drug-likeness (QED) is 0.864. The molecule has 104 valence electrons. The Labute approximate surface area is 122 Å². The third-order valence-electron chi connectivity index (χ3n) is 3.88. The van der Waals surface area contributed by atoms with Crippen molar-refractivity contribution < 1.29 is 9.59 Å². The maximum absolute atomic E-state index is 12.3. The SMILES string of the molecule is CN1C(=O)NC(c2cccc(Cl)c2)C2=C1CCCC2=O. The lowest BCUT2D eigenvalue weighted by Crippen LogP contribution is -2.47. The van der Waals surface area contributed by atoms with Crippen LogP contribution in [0.2, 0.25) is 5.02 Å². The van der Waals surface area contributed by atoms with Gasteiger partial charge in [0.25, 0.3) is 0 Å². The Morgan fingerprint density at radius 3 is 2.85 bits per heavy atom. The van der Waals surface area contributed by atoms with Crippen molar-refractivity contribution in [3.8, 4) is 0 Å². The Balaban J connectivity index is 2.12. The monoisotopic (exact) mass is 290 g/mol. The van der Waals surface area contributed by atoms with Gasteiger partial charge in [0.05, 0.1) is 6.04 Å². The molecule has 0 bridgehead atoms. The molecule has 3 rings (SSSR count). The van der Waals surface area contributed by atoms with Crippen LogP contribution in [0.25, 0.3) is 0 Å². The lowest BCUT2D eigenvalue weighted by atomic mass is 9.85. The number of benzene rings is 1. The third-order valence-corrected chi connectivity index (χ3v) is 4.11. The van der Waals surface area contributed by atoms with Crippen molar-refractivity contribution in [1.82, 2.24) is 10.2 Å². The van der Waals surface area contributed by atoms with Crippen LogP contribution >= 0.6 is 11.6 Å². The molecule has 0 spiro atoms. The van der Waals surface area contributed by atoms with E-state index in [9.17, 15) is 9.59 Å². The van der Waals surface area contributed by atoms with Crippen molar-refractivity contribution in [1.29, 1.82) is 0 Å². The van der Waals surface area contributed by atoms with Crippen LogP contribution in [0.1, 0.15) is 30.9 Å². The molecule has 0 saturated carbocycles. The molecule has 1 aliphatic carbocycles. The van der Waals surface area contributed by atoms with Gasteiger partial charge in [0.15, 0.2) is 5.78 Å². The van der Waals surface area contributed by atoms with Crippen molar-refractivity contribution >= 4 is 23.4 Å². The number of hydrogen-bond acceptors (Lipinski definition) is 2. The zero-order chi connectivity index (χ0) is 14.3. The minimum absolute atomic E-state index is 0.114. The first-order valence-electron chi connectivity index (χ1n) is 6.64. The Morgan fingerprint density at radius 2 is 2.10 bits per heavy atom. The van der Waals surface area contributed by atoms with Crippen LogP contribution in [-0.2, 0) is 4.79 Å². The van der Waals surface area contributed by atoms with Crippen LogP contribution in [0.4, 0.5) is 4.79 Å². The maximum Gasteiger partial charge on any atom is 0.322 e. The third kappa shape index (κ3) is 2.10. The summed E-state index contributed by atoms with van der Waals surface area (Å²) in [6, 6.07) is 6.72. The molecule has 20 heavy (non-hydrogen) atoms. The average molecular weight is 291 g/mol. The summed E-state index contributed by atoms with van der Waals surface area (Å²) in [6.07, 6.45) is 2.11. The molecule has 0 aromatic heterocycles. The van der Waals surface area contributed by atoms with E-state index in [0.717, 1.165) is 24.1 Å². The highest BCUT2D eigenvalue weighted by molar-refractivity contribution is 6.30. The predicted octanol–water partition coefficient (Wildman–Crippen LogP) is 3.04. The van der Waals surface area contributed by atoms with Gasteiger partial charge in [0, 0.05) is 29.8 Å². The van der Waals surface area contributed by atoms with Crippen LogP contribution in [0.5, 0.6) is 0 Å². The highest BCUT2D eigenvalue weighted by atomic mass is 35.5. The first-order chi connectivity index (χ1) is 9.58. The van der Waals surface area contributed by atoms with Gasteiger partial charge >= 0.3 is 6.03 Å². The van der Waals surface area contributed by atoms with Crippen LogP contribution in [0.15, 0.2) is 35.5 Å². The highest BCUT2D eigenvalue weighted by Crippen LogP contribution is 2.36. The van der Waals surface area contributed by atoms with Crippen molar-refractivity contribution in [3.63, 3.8) is 0 Å². The number of ketones is 1. The molecule has 0 fully saturated rings. The second-order valence-electron chi connectivity index (χ2n) is 5.13. The molecular weight excluding hydrogens is 276 g/mol. The van der Waals surface area contributed by atoms with E-state index in [4.69, 9.17) is 11.6 Å². The molecule has 1 aliphatic heterocycles. The summed E-state index contributed by atoms with van der Waals surface area (Å²) < 4.78 is 0. The Bertz CT molecular complexity index is 624. The smallest absolute Gasteiger partial charge is 0.322 e. The summed E-state index contributed by atoms with van der Waals surface area (Å²) in [4.78, 5) is 25.9. The number of rotatable bonds is 1. The van der Waals surface area contributed by atoms with Gasteiger partial charge in [-0.1, -0.05) is 23.7 Å². The van der Waals surface area contributed by atoms with Crippen molar-refractivity contribution in [2.75, 3.05) is 7.05 Å². The lowest BCUT2D eigenvalue weighted by molar-refractivity contribution is -0.116.